The molecule has 6 heteroatoms. The molecule has 0 N–H and O–H groups in total. The standard InChI is InChI=1S/C19H20N2O3S/c1-23-14-7-6-12(10-15(14)24-2)8-9-21-11-20-18-17(19(21)22)13-4-3-5-16(13)25-18/h6-7,10-11H,3-5,8-9H2,1-2H3. The third kappa shape index (κ3) is 2.80. The van der Waals surface area contributed by atoms with Gasteiger partial charge in [-0.05, 0) is 48.9 Å². The van der Waals surface area contributed by atoms with E-state index in [1.54, 1.807) is 36.5 Å². The quantitative estimate of drug-likeness (QED) is 0.704. The van der Waals surface area contributed by atoms with Gasteiger partial charge >= 0.3 is 0 Å². The lowest BCUT2D eigenvalue weighted by Gasteiger charge is -2.10. The van der Waals surface area contributed by atoms with Crippen LogP contribution in [0.5, 0.6) is 11.5 Å². The van der Waals surface area contributed by atoms with Crippen molar-refractivity contribution in [2.24, 2.45) is 0 Å². The number of aromatic nitrogens is 2. The summed E-state index contributed by atoms with van der Waals surface area (Å²) in [6.45, 7) is 0.599. The number of benzene rings is 1. The molecule has 130 valence electrons. The van der Waals surface area contributed by atoms with Crippen LogP contribution in [0.25, 0.3) is 10.2 Å². The lowest BCUT2D eigenvalue weighted by molar-refractivity contribution is 0.354. The van der Waals surface area contributed by atoms with Crippen LogP contribution in [0.15, 0.2) is 29.3 Å². The number of hydrogen-bond donors (Lipinski definition) is 0. The fourth-order valence-corrected chi connectivity index (χ4v) is 4.68. The summed E-state index contributed by atoms with van der Waals surface area (Å²) in [5, 5.41) is 0.840. The van der Waals surface area contributed by atoms with Gasteiger partial charge in [0.1, 0.15) is 4.83 Å². The van der Waals surface area contributed by atoms with Crippen LogP contribution < -0.4 is 15.0 Å². The number of rotatable bonds is 5. The molecule has 4 rings (SSSR count). The van der Waals surface area contributed by atoms with Gasteiger partial charge in [0.25, 0.3) is 5.56 Å². The first-order chi connectivity index (χ1) is 12.2. The van der Waals surface area contributed by atoms with Crippen LogP contribution in [-0.4, -0.2) is 23.8 Å². The maximum Gasteiger partial charge on any atom is 0.262 e. The van der Waals surface area contributed by atoms with E-state index in [-0.39, 0.29) is 5.56 Å². The Kier molecular flexibility index (Phi) is 4.21. The van der Waals surface area contributed by atoms with E-state index >= 15 is 0 Å². The molecule has 0 bridgehead atoms. The van der Waals surface area contributed by atoms with Crippen molar-refractivity contribution in [3.8, 4) is 11.5 Å². The second kappa shape index (κ2) is 6.52. The summed E-state index contributed by atoms with van der Waals surface area (Å²) in [5.74, 6) is 1.41. The molecule has 3 aromatic rings. The predicted molar refractivity (Wildman–Crippen MR) is 99.2 cm³/mol. The van der Waals surface area contributed by atoms with Gasteiger partial charge < -0.3 is 9.47 Å². The fourth-order valence-electron chi connectivity index (χ4n) is 3.46. The van der Waals surface area contributed by atoms with Crippen molar-refractivity contribution in [3.63, 3.8) is 0 Å². The number of nitrogens with zero attached hydrogens (tertiary/aromatic N) is 2. The average Bonchev–Trinajstić information content (AvgIpc) is 3.21. The molecule has 1 aromatic carbocycles. The van der Waals surface area contributed by atoms with Crippen molar-refractivity contribution in [1.29, 1.82) is 0 Å². The van der Waals surface area contributed by atoms with Crippen LogP contribution in [0, 0.1) is 0 Å². The monoisotopic (exact) mass is 356 g/mol. The van der Waals surface area contributed by atoms with E-state index < -0.39 is 0 Å². The smallest absolute Gasteiger partial charge is 0.262 e. The Bertz CT molecular complexity index is 990. The van der Waals surface area contributed by atoms with E-state index in [0.717, 1.165) is 41.5 Å². The highest BCUT2D eigenvalue weighted by Gasteiger charge is 2.21. The molecule has 25 heavy (non-hydrogen) atoms. The molecule has 0 saturated heterocycles. The van der Waals surface area contributed by atoms with Crippen molar-refractivity contribution in [1.82, 2.24) is 9.55 Å². The van der Waals surface area contributed by atoms with Gasteiger partial charge in [0.2, 0.25) is 0 Å². The summed E-state index contributed by atoms with van der Waals surface area (Å²) in [6.07, 6.45) is 5.65. The van der Waals surface area contributed by atoms with Crippen LogP contribution in [0.4, 0.5) is 0 Å². The van der Waals surface area contributed by atoms with Crippen LogP contribution in [0.3, 0.4) is 0 Å². The molecule has 0 aliphatic heterocycles. The van der Waals surface area contributed by atoms with Crippen molar-refractivity contribution in [2.45, 2.75) is 32.2 Å². The Hall–Kier alpha value is -2.34. The molecule has 0 atom stereocenters. The summed E-state index contributed by atoms with van der Waals surface area (Å²) >= 11 is 1.68. The molecule has 0 saturated carbocycles. The van der Waals surface area contributed by atoms with Crippen molar-refractivity contribution in [3.05, 3.63) is 50.9 Å². The van der Waals surface area contributed by atoms with E-state index in [2.05, 4.69) is 4.98 Å². The number of hydrogen-bond acceptors (Lipinski definition) is 5. The number of thiophene rings is 1. The molecule has 2 aromatic heterocycles. The fraction of sp³-hybridized carbons (Fsp3) is 0.368. The highest BCUT2D eigenvalue weighted by molar-refractivity contribution is 7.18. The van der Waals surface area contributed by atoms with Crippen molar-refractivity contribution >= 4 is 21.6 Å². The van der Waals surface area contributed by atoms with Crippen molar-refractivity contribution in [2.75, 3.05) is 14.2 Å². The molecular formula is C19H20N2O3S. The first kappa shape index (κ1) is 16.1. The summed E-state index contributed by atoms with van der Waals surface area (Å²) < 4.78 is 12.3. The largest absolute Gasteiger partial charge is 0.493 e. The number of ether oxygens (including phenoxy) is 2. The summed E-state index contributed by atoms with van der Waals surface area (Å²) in [6, 6.07) is 5.85. The highest BCUT2D eigenvalue weighted by Crippen LogP contribution is 2.34. The Balaban J connectivity index is 1.61. The minimum atomic E-state index is 0.0878. The lowest BCUT2D eigenvalue weighted by Crippen LogP contribution is -2.21. The summed E-state index contributed by atoms with van der Waals surface area (Å²) in [5.41, 5.74) is 2.42. The SMILES string of the molecule is COc1ccc(CCn2cnc3sc4c(c3c2=O)CCC4)cc1OC. The normalized spacial score (nSPS) is 13.2. The third-order valence-electron chi connectivity index (χ3n) is 4.78. The minimum absolute atomic E-state index is 0.0878. The van der Waals surface area contributed by atoms with Gasteiger partial charge in [0.05, 0.1) is 25.9 Å². The number of methoxy groups -OCH3 is 2. The Morgan fingerprint density at radius 2 is 2.04 bits per heavy atom. The molecule has 1 aliphatic carbocycles. The first-order valence-corrected chi connectivity index (χ1v) is 9.23. The molecule has 0 unspecified atom stereocenters. The number of fused-ring (bicyclic) bond motifs is 3. The Morgan fingerprint density at radius 3 is 2.84 bits per heavy atom. The van der Waals surface area contributed by atoms with E-state index in [9.17, 15) is 4.79 Å². The maximum absolute atomic E-state index is 12.9. The van der Waals surface area contributed by atoms with Crippen molar-refractivity contribution < 1.29 is 9.47 Å². The molecule has 2 heterocycles. The zero-order valence-electron chi connectivity index (χ0n) is 14.4. The zero-order valence-corrected chi connectivity index (χ0v) is 15.2. The van der Waals surface area contributed by atoms with Crippen LogP contribution >= 0.6 is 11.3 Å². The summed E-state index contributed by atoms with van der Waals surface area (Å²) in [4.78, 5) is 19.6. The maximum atomic E-state index is 12.9. The molecule has 0 fully saturated rings. The molecule has 0 amide bonds. The van der Waals surface area contributed by atoms with Crippen LogP contribution in [0.2, 0.25) is 0 Å². The molecular weight excluding hydrogens is 336 g/mol. The van der Waals surface area contributed by atoms with Crippen LogP contribution in [-0.2, 0) is 25.8 Å². The average molecular weight is 356 g/mol. The third-order valence-corrected chi connectivity index (χ3v) is 5.98. The second-order valence-electron chi connectivity index (χ2n) is 6.22. The number of aryl methyl sites for hydroxylation is 4. The lowest BCUT2D eigenvalue weighted by atomic mass is 10.1. The van der Waals surface area contributed by atoms with Gasteiger partial charge in [-0.25, -0.2) is 4.98 Å². The van der Waals surface area contributed by atoms with Gasteiger partial charge in [0, 0.05) is 11.4 Å². The van der Waals surface area contributed by atoms with E-state index in [1.165, 1.54) is 10.4 Å². The molecule has 0 radical (unpaired) electrons. The molecule has 0 spiro atoms. The first-order valence-electron chi connectivity index (χ1n) is 8.42. The topological polar surface area (TPSA) is 53.4 Å². The Labute approximate surface area is 149 Å². The van der Waals surface area contributed by atoms with Crippen LogP contribution in [0.1, 0.15) is 22.4 Å². The Morgan fingerprint density at radius 1 is 1.20 bits per heavy atom. The second-order valence-corrected chi connectivity index (χ2v) is 7.30. The van der Waals surface area contributed by atoms with E-state index in [1.807, 2.05) is 18.2 Å². The molecule has 5 nitrogen and oxygen atoms in total. The minimum Gasteiger partial charge on any atom is -0.493 e. The predicted octanol–water partition coefficient (Wildman–Crippen LogP) is 3.21. The van der Waals surface area contributed by atoms with Gasteiger partial charge in [-0.2, -0.15) is 0 Å². The van der Waals surface area contributed by atoms with Gasteiger partial charge in [0.15, 0.2) is 11.5 Å². The van der Waals surface area contributed by atoms with E-state index in [4.69, 9.17) is 9.47 Å². The zero-order chi connectivity index (χ0) is 17.4. The molecule has 1 aliphatic rings. The van der Waals surface area contributed by atoms with Gasteiger partial charge in [-0.1, -0.05) is 6.07 Å². The summed E-state index contributed by atoms with van der Waals surface area (Å²) in [7, 11) is 3.25. The van der Waals surface area contributed by atoms with E-state index in [0.29, 0.717) is 18.0 Å². The van der Waals surface area contributed by atoms with Gasteiger partial charge in [-0.15, -0.1) is 11.3 Å². The highest BCUT2D eigenvalue weighted by atomic mass is 32.1. The van der Waals surface area contributed by atoms with Gasteiger partial charge in [-0.3, -0.25) is 9.36 Å².